The zero-order valence-electron chi connectivity index (χ0n) is 12.1. The molecule has 1 aromatic rings. The molecule has 0 bridgehead atoms. The van der Waals surface area contributed by atoms with E-state index in [1.54, 1.807) is 30.3 Å². The largest absolute Gasteiger partial charge is 0.419 e. The summed E-state index contributed by atoms with van der Waals surface area (Å²) >= 11 is 0. The van der Waals surface area contributed by atoms with E-state index in [1.807, 2.05) is 19.1 Å². The fourth-order valence-electron chi connectivity index (χ4n) is 2.07. The van der Waals surface area contributed by atoms with E-state index >= 15 is 0 Å². The van der Waals surface area contributed by atoms with Gasteiger partial charge in [0.15, 0.2) is 0 Å². The third-order valence-electron chi connectivity index (χ3n) is 3.13. The molecule has 0 aliphatic carbocycles. The summed E-state index contributed by atoms with van der Waals surface area (Å²) in [5, 5.41) is 0. The van der Waals surface area contributed by atoms with Crippen molar-refractivity contribution in [1.29, 1.82) is 0 Å². The van der Waals surface area contributed by atoms with E-state index in [9.17, 15) is 9.59 Å². The highest BCUT2D eigenvalue weighted by atomic mass is 16.6. The zero-order valence-corrected chi connectivity index (χ0v) is 12.1. The Hall–Kier alpha value is -2.36. The molecule has 1 amide bonds. The molecule has 0 fully saturated rings. The second-order valence-corrected chi connectivity index (χ2v) is 4.77. The number of unbranched alkanes of at least 4 members (excludes halogenated alkanes) is 1. The molecule has 1 heterocycles. The molecule has 1 aliphatic rings. The van der Waals surface area contributed by atoms with Crippen molar-refractivity contribution in [3.63, 3.8) is 0 Å². The Labute approximate surface area is 124 Å². The van der Waals surface area contributed by atoms with Crippen LogP contribution in [0.15, 0.2) is 54.3 Å². The topological polar surface area (TPSA) is 46.6 Å². The third kappa shape index (κ3) is 4.05. The van der Waals surface area contributed by atoms with Crippen LogP contribution in [-0.4, -0.2) is 23.3 Å². The lowest BCUT2D eigenvalue weighted by atomic mass is 10.2. The molecule has 0 unspecified atom stereocenters. The average Bonchev–Trinajstić information content (AvgIpc) is 2.98. The Kier molecular flexibility index (Phi) is 5.32. The van der Waals surface area contributed by atoms with E-state index in [0.717, 1.165) is 12.8 Å². The van der Waals surface area contributed by atoms with Crippen molar-refractivity contribution in [1.82, 2.24) is 4.90 Å². The lowest BCUT2D eigenvalue weighted by Gasteiger charge is -2.18. The molecule has 0 radical (unpaired) electrons. The predicted octanol–water partition coefficient (Wildman–Crippen LogP) is 3.70. The van der Waals surface area contributed by atoms with E-state index in [2.05, 4.69) is 0 Å². The number of rotatable bonds is 5. The molecule has 1 aliphatic heterocycles. The number of hydrogen-bond acceptors (Lipinski definition) is 3. The van der Waals surface area contributed by atoms with Crippen LogP contribution >= 0.6 is 0 Å². The molecule has 4 nitrogen and oxygen atoms in total. The number of para-hydroxylation sites is 1. The first kappa shape index (κ1) is 15.0. The van der Waals surface area contributed by atoms with Gasteiger partial charge in [-0.3, -0.25) is 9.69 Å². The van der Waals surface area contributed by atoms with Crippen LogP contribution in [0.2, 0.25) is 0 Å². The number of benzene rings is 1. The number of ether oxygens (including phenoxy) is 1. The van der Waals surface area contributed by atoms with Gasteiger partial charge in [-0.1, -0.05) is 43.7 Å². The summed E-state index contributed by atoms with van der Waals surface area (Å²) in [6, 6.07) is 8.85. The summed E-state index contributed by atoms with van der Waals surface area (Å²) < 4.78 is 5.27. The van der Waals surface area contributed by atoms with Gasteiger partial charge in [-0.2, -0.15) is 0 Å². The Balaban J connectivity index is 2.01. The zero-order chi connectivity index (χ0) is 15.1. The van der Waals surface area contributed by atoms with E-state index in [1.165, 1.54) is 11.0 Å². The summed E-state index contributed by atoms with van der Waals surface area (Å²) in [4.78, 5) is 25.6. The Morgan fingerprint density at radius 2 is 2.05 bits per heavy atom. The minimum absolute atomic E-state index is 0.147. The van der Waals surface area contributed by atoms with Gasteiger partial charge in [0.25, 0.3) is 0 Å². The summed E-state index contributed by atoms with van der Waals surface area (Å²) in [5.41, 5.74) is 0.406. The highest BCUT2D eigenvalue weighted by Crippen LogP contribution is 2.19. The maximum absolute atomic E-state index is 12.1. The van der Waals surface area contributed by atoms with Crippen molar-refractivity contribution < 1.29 is 14.3 Å². The monoisotopic (exact) mass is 285 g/mol. The molecule has 110 valence electrons. The Morgan fingerprint density at radius 3 is 2.76 bits per heavy atom. The molecule has 0 spiro atoms. The van der Waals surface area contributed by atoms with Crippen LogP contribution in [0.5, 0.6) is 5.75 Å². The smallest absolute Gasteiger partial charge is 0.410 e. The molecule has 4 heteroatoms. The van der Waals surface area contributed by atoms with Crippen molar-refractivity contribution in [3.05, 3.63) is 54.3 Å². The van der Waals surface area contributed by atoms with Crippen molar-refractivity contribution >= 4 is 11.9 Å². The molecule has 0 aromatic heterocycles. The molecule has 1 aromatic carbocycles. The van der Waals surface area contributed by atoms with Crippen molar-refractivity contribution in [2.45, 2.75) is 26.2 Å². The highest BCUT2D eigenvalue weighted by molar-refractivity contribution is 6.06. The average molecular weight is 285 g/mol. The molecule has 0 N–H and O–H groups in total. The van der Waals surface area contributed by atoms with Gasteiger partial charge in [-0.25, -0.2) is 4.79 Å². The van der Waals surface area contributed by atoms with Crippen LogP contribution in [0, 0.1) is 0 Å². The van der Waals surface area contributed by atoms with Crippen LogP contribution in [0.4, 0.5) is 4.79 Å². The van der Waals surface area contributed by atoms with E-state index < -0.39 is 6.09 Å². The van der Waals surface area contributed by atoms with Crippen LogP contribution in [0.3, 0.4) is 0 Å². The second kappa shape index (κ2) is 7.43. The normalized spacial score (nSPS) is 14.3. The highest BCUT2D eigenvalue weighted by Gasteiger charge is 2.27. The van der Waals surface area contributed by atoms with Crippen LogP contribution in [0.1, 0.15) is 26.2 Å². The number of amides is 1. The molecule has 21 heavy (non-hydrogen) atoms. The van der Waals surface area contributed by atoms with Gasteiger partial charge in [0.05, 0.1) is 5.70 Å². The Morgan fingerprint density at radius 1 is 1.29 bits per heavy atom. The second-order valence-electron chi connectivity index (χ2n) is 4.77. The molecular weight excluding hydrogens is 266 g/mol. The van der Waals surface area contributed by atoms with E-state index in [-0.39, 0.29) is 5.78 Å². The van der Waals surface area contributed by atoms with Gasteiger partial charge in [0.1, 0.15) is 5.75 Å². The van der Waals surface area contributed by atoms with Gasteiger partial charge >= 0.3 is 6.09 Å². The molecule has 0 atom stereocenters. The number of allylic oxidation sites excluding steroid dienone is 2. The Bertz CT molecular complexity index is 561. The van der Waals surface area contributed by atoms with Gasteiger partial charge in [0.2, 0.25) is 5.78 Å². The minimum Gasteiger partial charge on any atom is -0.410 e. The minimum atomic E-state index is -0.512. The first-order valence-electron chi connectivity index (χ1n) is 7.17. The number of carbonyl (C=O) groups excluding carboxylic acids is 2. The van der Waals surface area contributed by atoms with E-state index in [4.69, 9.17) is 4.74 Å². The van der Waals surface area contributed by atoms with Gasteiger partial charge in [0, 0.05) is 6.54 Å². The predicted molar refractivity (Wildman–Crippen MR) is 80.9 cm³/mol. The fourth-order valence-corrected chi connectivity index (χ4v) is 2.07. The molecule has 0 saturated heterocycles. The summed E-state index contributed by atoms with van der Waals surface area (Å²) in [5.74, 6) is 0.327. The lowest BCUT2D eigenvalue weighted by molar-refractivity contribution is -0.112. The first-order valence-corrected chi connectivity index (χ1v) is 7.17. The van der Waals surface area contributed by atoms with Gasteiger partial charge < -0.3 is 4.74 Å². The fraction of sp³-hybridized carbons (Fsp3) is 0.294. The number of ketones is 1. The molecule has 0 saturated carbocycles. The summed E-state index contributed by atoms with van der Waals surface area (Å²) in [6.45, 7) is 2.53. The summed E-state index contributed by atoms with van der Waals surface area (Å²) in [7, 11) is 0. The maximum Gasteiger partial charge on any atom is 0.419 e. The SMILES string of the molecule is CCC/C=C/C(=O)C1=CCCN1C(=O)Oc1ccccc1. The first-order chi connectivity index (χ1) is 10.2. The number of carbonyl (C=O) groups is 2. The van der Waals surface area contributed by atoms with Crippen LogP contribution in [-0.2, 0) is 4.79 Å². The number of nitrogens with zero attached hydrogens (tertiary/aromatic N) is 1. The van der Waals surface area contributed by atoms with Crippen molar-refractivity contribution in [2.24, 2.45) is 0 Å². The third-order valence-corrected chi connectivity index (χ3v) is 3.13. The molecular formula is C17H19NO3. The van der Waals surface area contributed by atoms with Crippen LogP contribution in [0.25, 0.3) is 0 Å². The standard InChI is InChI=1S/C17H19NO3/c1-2-3-5-12-16(19)15-11-8-13-18(15)17(20)21-14-9-6-4-7-10-14/h4-7,9-12H,2-3,8,13H2,1H3/b12-5+. The van der Waals surface area contributed by atoms with Crippen LogP contribution < -0.4 is 4.74 Å². The summed E-state index contributed by atoms with van der Waals surface area (Å²) in [6.07, 6.45) is 7.15. The lowest BCUT2D eigenvalue weighted by Crippen LogP contribution is -2.33. The molecule has 2 rings (SSSR count). The van der Waals surface area contributed by atoms with E-state index in [0.29, 0.717) is 24.4 Å². The quantitative estimate of drug-likeness (QED) is 0.775. The van der Waals surface area contributed by atoms with Gasteiger partial charge in [-0.05, 0) is 31.1 Å². The number of hydrogen-bond donors (Lipinski definition) is 0. The maximum atomic E-state index is 12.1. The van der Waals surface area contributed by atoms with Gasteiger partial charge in [-0.15, -0.1) is 0 Å². The van der Waals surface area contributed by atoms with Crippen molar-refractivity contribution in [3.8, 4) is 5.75 Å². The van der Waals surface area contributed by atoms with Crippen molar-refractivity contribution in [2.75, 3.05) is 6.54 Å².